The lowest BCUT2D eigenvalue weighted by Crippen LogP contribution is -2.00. The van der Waals surface area contributed by atoms with Crippen LogP contribution >= 0.6 is 23.2 Å². The molecule has 1 N–H and O–H groups in total. The minimum atomic E-state index is -0.579. The van der Waals surface area contributed by atoms with Crippen LogP contribution in [0, 0.1) is 10.1 Å². The Morgan fingerprint density at radius 2 is 2.12 bits per heavy atom. The van der Waals surface area contributed by atoms with Crippen molar-refractivity contribution in [1.82, 2.24) is 4.98 Å². The van der Waals surface area contributed by atoms with Crippen molar-refractivity contribution in [2.45, 2.75) is 0 Å². The van der Waals surface area contributed by atoms with Crippen LogP contribution in [0.4, 0.5) is 11.4 Å². The summed E-state index contributed by atoms with van der Waals surface area (Å²) in [7, 11) is 1.57. The van der Waals surface area contributed by atoms with E-state index in [1.807, 2.05) is 0 Å². The van der Waals surface area contributed by atoms with E-state index < -0.39 is 4.92 Å². The normalized spacial score (nSPS) is 10.5. The van der Waals surface area contributed by atoms with E-state index in [-0.39, 0.29) is 16.5 Å². The van der Waals surface area contributed by atoms with Gasteiger partial charge in [0.25, 0.3) is 0 Å². The summed E-state index contributed by atoms with van der Waals surface area (Å²) in [6.45, 7) is 0. The molecular weight excluding hydrogens is 265 g/mol. The number of rotatable bonds is 2. The topological polar surface area (TPSA) is 68.1 Å². The van der Waals surface area contributed by atoms with Gasteiger partial charge in [0.1, 0.15) is 5.69 Å². The van der Waals surface area contributed by atoms with E-state index in [2.05, 4.69) is 10.3 Å². The fourth-order valence-corrected chi connectivity index (χ4v) is 2.16. The van der Waals surface area contributed by atoms with Gasteiger partial charge in [-0.15, -0.1) is 0 Å². The molecule has 5 nitrogen and oxygen atoms in total. The molecule has 2 rings (SSSR count). The van der Waals surface area contributed by atoms with Gasteiger partial charge in [-0.05, 0) is 12.1 Å². The molecule has 0 atom stereocenters. The molecule has 0 aliphatic heterocycles. The third kappa shape index (κ3) is 1.87. The van der Waals surface area contributed by atoms with Crippen LogP contribution < -0.4 is 5.32 Å². The minimum absolute atomic E-state index is 0.158. The standard InChI is InChI=1S/C10H7Cl2N3O2/c1-13-8-7-5(11)3-2-4-6(7)14-10(12)9(8)15(16)17/h2-4H,1H3,(H,13,14). The highest BCUT2D eigenvalue weighted by molar-refractivity contribution is 6.38. The molecule has 0 aliphatic rings. The Balaban J connectivity index is 2.98. The second kappa shape index (κ2) is 4.35. The molecule has 17 heavy (non-hydrogen) atoms. The van der Waals surface area contributed by atoms with Crippen molar-refractivity contribution in [1.29, 1.82) is 0 Å². The van der Waals surface area contributed by atoms with Crippen LogP contribution in [0.2, 0.25) is 10.2 Å². The van der Waals surface area contributed by atoms with Crippen LogP contribution in [0.15, 0.2) is 18.2 Å². The molecule has 0 bridgehead atoms. The van der Waals surface area contributed by atoms with E-state index in [4.69, 9.17) is 23.2 Å². The Morgan fingerprint density at radius 3 is 2.71 bits per heavy atom. The SMILES string of the molecule is CNc1c([N+](=O)[O-])c(Cl)nc2cccc(Cl)c12. The van der Waals surface area contributed by atoms with Gasteiger partial charge >= 0.3 is 5.69 Å². The average Bonchev–Trinajstić information content (AvgIpc) is 2.26. The summed E-state index contributed by atoms with van der Waals surface area (Å²) < 4.78 is 0. The van der Waals surface area contributed by atoms with Crippen LogP contribution in [0.3, 0.4) is 0 Å². The predicted octanol–water partition coefficient (Wildman–Crippen LogP) is 3.49. The molecule has 0 unspecified atom stereocenters. The number of fused-ring (bicyclic) bond motifs is 1. The average molecular weight is 272 g/mol. The molecule has 0 spiro atoms. The smallest absolute Gasteiger partial charge is 0.330 e. The Kier molecular flexibility index (Phi) is 3.04. The number of hydrogen-bond acceptors (Lipinski definition) is 4. The van der Waals surface area contributed by atoms with Gasteiger partial charge in [-0.1, -0.05) is 29.3 Å². The van der Waals surface area contributed by atoms with E-state index in [1.54, 1.807) is 25.2 Å². The van der Waals surface area contributed by atoms with Crippen molar-refractivity contribution >= 4 is 45.5 Å². The van der Waals surface area contributed by atoms with E-state index in [9.17, 15) is 10.1 Å². The third-order valence-corrected chi connectivity index (χ3v) is 2.90. The van der Waals surface area contributed by atoms with Gasteiger partial charge in [0.15, 0.2) is 0 Å². The van der Waals surface area contributed by atoms with Gasteiger partial charge in [-0.3, -0.25) is 10.1 Å². The zero-order chi connectivity index (χ0) is 12.6. The highest BCUT2D eigenvalue weighted by Crippen LogP contribution is 2.39. The Morgan fingerprint density at radius 1 is 1.41 bits per heavy atom. The summed E-state index contributed by atoms with van der Waals surface area (Å²) in [5.74, 6) is 0. The zero-order valence-electron chi connectivity index (χ0n) is 8.70. The van der Waals surface area contributed by atoms with Gasteiger partial charge in [0, 0.05) is 12.4 Å². The van der Waals surface area contributed by atoms with Gasteiger partial charge in [0.2, 0.25) is 5.15 Å². The fourth-order valence-electron chi connectivity index (χ4n) is 1.64. The number of nitrogens with one attached hydrogen (secondary N) is 1. The van der Waals surface area contributed by atoms with Crippen molar-refractivity contribution in [3.05, 3.63) is 38.5 Å². The lowest BCUT2D eigenvalue weighted by Gasteiger charge is -2.08. The molecule has 0 radical (unpaired) electrons. The molecule has 0 fully saturated rings. The summed E-state index contributed by atoms with van der Waals surface area (Å²) in [5, 5.41) is 14.4. The number of anilines is 1. The van der Waals surface area contributed by atoms with Crippen LogP contribution in [0.1, 0.15) is 0 Å². The molecule has 88 valence electrons. The summed E-state index contributed by atoms with van der Waals surface area (Å²) in [6, 6.07) is 5.04. The lowest BCUT2D eigenvalue weighted by molar-refractivity contribution is -0.384. The number of aromatic nitrogens is 1. The van der Waals surface area contributed by atoms with Crippen molar-refractivity contribution in [2.24, 2.45) is 0 Å². The van der Waals surface area contributed by atoms with Crippen molar-refractivity contribution in [3.63, 3.8) is 0 Å². The maximum absolute atomic E-state index is 11.0. The first-order chi connectivity index (χ1) is 8.06. The maximum Gasteiger partial charge on any atom is 0.330 e. The minimum Gasteiger partial charge on any atom is -0.382 e. The lowest BCUT2D eigenvalue weighted by atomic mass is 10.1. The van der Waals surface area contributed by atoms with Crippen LogP contribution in [-0.2, 0) is 0 Å². The molecular formula is C10H7Cl2N3O2. The first-order valence-electron chi connectivity index (χ1n) is 4.66. The summed E-state index contributed by atoms with van der Waals surface area (Å²) >= 11 is 11.8. The molecule has 0 saturated heterocycles. The monoisotopic (exact) mass is 271 g/mol. The summed E-state index contributed by atoms with van der Waals surface area (Å²) in [6.07, 6.45) is 0. The fraction of sp³-hybridized carbons (Fsp3) is 0.100. The van der Waals surface area contributed by atoms with Crippen LogP contribution in [0.5, 0.6) is 0 Å². The first kappa shape index (κ1) is 11.9. The van der Waals surface area contributed by atoms with Gasteiger partial charge in [-0.2, -0.15) is 0 Å². The predicted molar refractivity (Wildman–Crippen MR) is 68.0 cm³/mol. The van der Waals surface area contributed by atoms with Crippen LogP contribution in [0.25, 0.3) is 10.9 Å². The van der Waals surface area contributed by atoms with Crippen molar-refractivity contribution in [2.75, 3.05) is 12.4 Å². The van der Waals surface area contributed by atoms with E-state index in [0.717, 1.165) is 0 Å². The molecule has 0 saturated carbocycles. The molecule has 7 heteroatoms. The highest BCUT2D eigenvalue weighted by Gasteiger charge is 2.24. The second-order valence-corrected chi connectivity index (χ2v) is 4.03. The zero-order valence-corrected chi connectivity index (χ0v) is 10.2. The highest BCUT2D eigenvalue weighted by atomic mass is 35.5. The van der Waals surface area contributed by atoms with Gasteiger partial charge < -0.3 is 5.32 Å². The summed E-state index contributed by atoms with van der Waals surface area (Å²) in [4.78, 5) is 14.3. The number of benzene rings is 1. The molecule has 0 amide bonds. The number of nitro groups is 1. The van der Waals surface area contributed by atoms with E-state index in [1.165, 1.54) is 0 Å². The number of nitrogens with zero attached hydrogens (tertiary/aromatic N) is 2. The first-order valence-corrected chi connectivity index (χ1v) is 5.41. The molecule has 0 aliphatic carbocycles. The quantitative estimate of drug-likeness (QED) is 0.516. The Hall–Kier alpha value is -1.59. The maximum atomic E-state index is 11.0. The Bertz CT molecular complexity index is 616. The largest absolute Gasteiger partial charge is 0.382 e. The molecule has 2 aromatic rings. The van der Waals surface area contributed by atoms with E-state index >= 15 is 0 Å². The third-order valence-electron chi connectivity index (χ3n) is 2.33. The van der Waals surface area contributed by atoms with Gasteiger partial charge in [0.05, 0.1) is 15.5 Å². The Labute approximate surface area is 107 Å². The number of pyridine rings is 1. The number of hydrogen-bond donors (Lipinski definition) is 1. The summed E-state index contributed by atoms with van der Waals surface area (Å²) in [5.41, 5.74) is 0.516. The van der Waals surface area contributed by atoms with Crippen LogP contribution in [-0.4, -0.2) is 17.0 Å². The molecule has 1 aromatic heterocycles. The van der Waals surface area contributed by atoms with Crippen molar-refractivity contribution in [3.8, 4) is 0 Å². The molecule has 1 aromatic carbocycles. The molecule has 1 heterocycles. The second-order valence-electron chi connectivity index (χ2n) is 3.27. The van der Waals surface area contributed by atoms with Crippen molar-refractivity contribution < 1.29 is 4.92 Å². The van der Waals surface area contributed by atoms with Gasteiger partial charge in [-0.25, -0.2) is 4.98 Å². The van der Waals surface area contributed by atoms with E-state index in [0.29, 0.717) is 15.9 Å². The number of halogens is 2.